The van der Waals surface area contributed by atoms with Crippen LogP contribution in [0.1, 0.15) is 13.3 Å². The summed E-state index contributed by atoms with van der Waals surface area (Å²) >= 11 is 0. The molecule has 0 saturated carbocycles. The van der Waals surface area contributed by atoms with Crippen molar-refractivity contribution in [3.8, 4) is 0 Å². The summed E-state index contributed by atoms with van der Waals surface area (Å²) in [4.78, 5) is 13.7. The molecule has 6 nitrogen and oxygen atoms in total. The van der Waals surface area contributed by atoms with E-state index in [0.29, 0.717) is 32.7 Å². The van der Waals surface area contributed by atoms with Gasteiger partial charge in [-0.15, -0.1) is 0 Å². The summed E-state index contributed by atoms with van der Waals surface area (Å²) in [6.45, 7) is 4.56. The van der Waals surface area contributed by atoms with Gasteiger partial charge in [-0.05, 0) is 30.7 Å². The lowest BCUT2D eigenvalue weighted by molar-refractivity contribution is -0.122. The van der Waals surface area contributed by atoms with Crippen molar-refractivity contribution >= 4 is 15.9 Å². The normalized spacial score (nSPS) is 17.1. The molecule has 0 spiro atoms. The zero-order valence-corrected chi connectivity index (χ0v) is 14.0. The van der Waals surface area contributed by atoms with E-state index in [1.807, 2.05) is 11.8 Å². The monoisotopic (exact) mass is 343 g/mol. The van der Waals surface area contributed by atoms with Crippen molar-refractivity contribution in [2.75, 3.05) is 39.3 Å². The highest BCUT2D eigenvalue weighted by molar-refractivity contribution is 7.89. The van der Waals surface area contributed by atoms with Gasteiger partial charge in [0.1, 0.15) is 5.82 Å². The summed E-state index contributed by atoms with van der Waals surface area (Å²) in [5, 5.41) is 2.80. The maximum atomic E-state index is 12.9. The minimum atomic E-state index is -3.61. The Hall–Kier alpha value is -1.51. The van der Waals surface area contributed by atoms with E-state index in [9.17, 15) is 17.6 Å². The first-order valence-electron chi connectivity index (χ1n) is 7.68. The molecule has 8 heteroatoms. The van der Waals surface area contributed by atoms with Crippen molar-refractivity contribution in [1.29, 1.82) is 0 Å². The second kappa shape index (κ2) is 7.85. The fourth-order valence-corrected chi connectivity index (χ4v) is 3.83. The van der Waals surface area contributed by atoms with Crippen LogP contribution >= 0.6 is 0 Å². The van der Waals surface area contributed by atoms with E-state index in [1.54, 1.807) is 0 Å². The summed E-state index contributed by atoms with van der Waals surface area (Å²) in [5.74, 6) is -0.506. The fourth-order valence-electron chi connectivity index (χ4n) is 2.41. The molecule has 1 heterocycles. The molecule has 0 radical (unpaired) electrons. The average molecular weight is 343 g/mol. The number of hydrogen-bond donors (Lipinski definition) is 1. The van der Waals surface area contributed by atoms with Gasteiger partial charge >= 0.3 is 0 Å². The first-order chi connectivity index (χ1) is 10.9. The van der Waals surface area contributed by atoms with Gasteiger partial charge in [-0.2, -0.15) is 4.31 Å². The Morgan fingerprint density at radius 1 is 1.17 bits per heavy atom. The third-order valence-electron chi connectivity index (χ3n) is 3.72. The molecular weight excluding hydrogens is 321 g/mol. The first kappa shape index (κ1) is 17.8. The summed E-state index contributed by atoms with van der Waals surface area (Å²) < 4.78 is 39.2. The van der Waals surface area contributed by atoms with Gasteiger partial charge in [0.2, 0.25) is 15.9 Å². The Bertz CT molecular complexity index is 626. The maximum Gasteiger partial charge on any atom is 0.243 e. The molecule has 128 valence electrons. The van der Waals surface area contributed by atoms with Crippen molar-refractivity contribution in [3.63, 3.8) is 0 Å². The summed E-state index contributed by atoms with van der Waals surface area (Å²) in [6.07, 6.45) is 0.884. The van der Waals surface area contributed by atoms with Crippen LogP contribution in [0.25, 0.3) is 0 Å². The first-order valence-corrected chi connectivity index (χ1v) is 9.12. The van der Waals surface area contributed by atoms with E-state index < -0.39 is 15.8 Å². The zero-order valence-electron chi connectivity index (χ0n) is 13.2. The Kier molecular flexibility index (Phi) is 6.09. The van der Waals surface area contributed by atoms with Gasteiger partial charge in [0, 0.05) is 32.7 Å². The van der Waals surface area contributed by atoms with Gasteiger partial charge in [0.25, 0.3) is 0 Å². The number of amides is 1. The van der Waals surface area contributed by atoms with Gasteiger partial charge in [-0.1, -0.05) is 6.92 Å². The van der Waals surface area contributed by atoms with Crippen LogP contribution in [0.3, 0.4) is 0 Å². The van der Waals surface area contributed by atoms with Crippen molar-refractivity contribution in [3.05, 3.63) is 30.1 Å². The standard InChI is InChI=1S/C15H22FN3O3S/c1-2-7-17-15(20)12-18-8-10-19(11-9-18)23(21,22)14-5-3-13(16)4-6-14/h3-6H,2,7-12H2,1H3,(H,17,20). The fraction of sp³-hybridized carbons (Fsp3) is 0.533. The molecule has 1 aliphatic rings. The molecule has 1 amide bonds. The van der Waals surface area contributed by atoms with Crippen molar-refractivity contribution < 1.29 is 17.6 Å². The maximum absolute atomic E-state index is 12.9. The Morgan fingerprint density at radius 2 is 1.78 bits per heavy atom. The molecule has 1 aromatic carbocycles. The second-order valence-electron chi connectivity index (χ2n) is 5.48. The largest absolute Gasteiger partial charge is 0.355 e. The van der Waals surface area contributed by atoms with Crippen molar-refractivity contribution in [2.24, 2.45) is 0 Å². The van der Waals surface area contributed by atoms with Gasteiger partial charge in [0.15, 0.2) is 0 Å². The number of piperazine rings is 1. The molecule has 0 aliphatic carbocycles. The quantitative estimate of drug-likeness (QED) is 0.824. The van der Waals surface area contributed by atoms with Gasteiger partial charge < -0.3 is 5.32 Å². The Morgan fingerprint density at radius 3 is 2.35 bits per heavy atom. The third kappa shape index (κ3) is 4.73. The molecule has 1 aliphatic heterocycles. The Labute approximate surface area is 136 Å². The van der Waals surface area contributed by atoms with Crippen LogP contribution in [0.2, 0.25) is 0 Å². The molecule has 23 heavy (non-hydrogen) atoms. The van der Waals surface area contributed by atoms with Crippen LogP contribution in [0.15, 0.2) is 29.2 Å². The number of carbonyl (C=O) groups is 1. The number of nitrogens with zero attached hydrogens (tertiary/aromatic N) is 2. The number of sulfonamides is 1. The van der Waals surface area contributed by atoms with Crippen LogP contribution in [-0.4, -0.2) is 62.8 Å². The van der Waals surface area contributed by atoms with Crippen molar-refractivity contribution in [1.82, 2.24) is 14.5 Å². The van der Waals surface area contributed by atoms with E-state index in [-0.39, 0.29) is 17.3 Å². The van der Waals surface area contributed by atoms with E-state index in [0.717, 1.165) is 18.6 Å². The van der Waals surface area contributed by atoms with Gasteiger partial charge in [-0.3, -0.25) is 9.69 Å². The lowest BCUT2D eigenvalue weighted by Gasteiger charge is -2.33. The van der Waals surface area contributed by atoms with Crippen LogP contribution in [0.5, 0.6) is 0 Å². The van der Waals surface area contributed by atoms with Crippen molar-refractivity contribution in [2.45, 2.75) is 18.2 Å². The zero-order chi connectivity index (χ0) is 16.9. The summed E-state index contributed by atoms with van der Waals surface area (Å²) in [6, 6.07) is 4.83. The molecule has 2 rings (SSSR count). The van der Waals surface area contributed by atoms with Gasteiger partial charge in [-0.25, -0.2) is 12.8 Å². The van der Waals surface area contributed by atoms with E-state index in [2.05, 4.69) is 5.32 Å². The molecule has 1 aromatic rings. The summed E-state index contributed by atoms with van der Waals surface area (Å²) in [5.41, 5.74) is 0. The molecule has 0 bridgehead atoms. The number of carbonyl (C=O) groups excluding carboxylic acids is 1. The molecule has 0 unspecified atom stereocenters. The predicted molar refractivity (Wildman–Crippen MR) is 84.9 cm³/mol. The minimum Gasteiger partial charge on any atom is -0.355 e. The number of nitrogens with one attached hydrogen (secondary N) is 1. The highest BCUT2D eigenvalue weighted by Gasteiger charge is 2.28. The number of rotatable bonds is 6. The molecule has 1 N–H and O–H groups in total. The SMILES string of the molecule is CCCNC(=O)CN1CCN(S(=O)(=O)c2ccc(F)cc2)CC1. The molecule has 0 atom stereocenters. The third-order valence-corrected chi connectivity index (χ3v) is 5.63. The molecule has 1 saturated heterocycles. The molecule has 0 aromatic heterocycles. The number of halogens is 1. The van der Waals surface area contributed by atoms with Gasteiger partial charge in [0.05, 0.1) is 11.4 Å². The molecular formula is C15H22FN3O3S. The predicted octanol–water partition coefficient (Wildman–Crippen LogP) is 0.658. The van der Waals surface area contributed by atoms with E-state index >= 15 is 0 Å². The van der Waals surface area contributed by atoms with Crippen LogP contribution in [0, 0.1) is 5.82 Å². The smallest absolute Gasteiger partial charge is 0.243 e. The van der Waals surface area contributed by atoms with Crippen LogP contribution in [-0.2, 0) is 14.8 Å². The number of benzene rings is 1. The highest BCUT2D eigenvalue weighted by atomic mass is 32.2. The number of hydrogen-bond acceptors (Lipinski definition) is 4. The average Bonchev–Trinajstić information content (AvgIpc) is 2.54. The lowest BCUT2D eigenvalue weighted by Crippen LogP contribution is -2.51. The summed E-state index contributed by atoms with van der Waals surface area (Å²) in [7, 11) is -3.61. The van der Waals surface area contributed by atoms with E-state index in [1.165, 1.54) is 16.4 Å². The lowest BCUT2D eigenvalue weighted by atomic mass is 10.3. The topological polar surface area (TPSA) is 69.7 Å². The van der Waals surface area contributed by atoms with Crippen LogP contribution < -0.4 is 5.32 Å². The second-order valence-corrected chi connectivity index (χ2v) is 7.42. The Balaban J connectivity index is 1.91. The van der Waals surface area contributed by atoms with E-state index in [4.69, 9.17) is 0 Å². The molecule has 1 fully saturated rings. The highest BCUT2D eigenvalue weighted by Crippen LogP contribution is 2.17. The minimum absolute atomic E-state index is 0.0401. The van der Waals surface area contributed by atoms with Crippen LogP contribution in [0.4, 0.5) is 4.39 Å².